The minimum Gasteiger partial charge on any atom is -0.459 e. The second kappa shape index (κ2) is 15.2. The molecule has 2 aliphatic heterocycles. The van der Waals surface area contributed by atoms with E-state index >= 15 is 0 Å². The molecule has 0 spiro atoms. The van der Waals surface area contributed by atoms with Crippen LogP contribution in [0.15, 0.2) is 54.6 Å². The average Bonchev–Trinajstić information content (AvgIpc) is 3.82. The number of sulfonamides is 1. The second-order valence-electron chi connectivity index (χ2n) is 16.8. The molecule has 0 unspecified atom stereocenters. The number of fused-ring (bicyclic) bond motifs is 3. The molecular formula is C41H48F4N6O6S. The van der Waals surface area contributed by atoms with Gasteiger partial charge in [0.25, 0.3) is 11.9 Å². The summed E-state index contributed by atoms with van der Waals surface area (Å²) in [6.45, 7) is 1.45. The van der Waals surface area contributed by atoms with Gasteiger partial charge < -0.3 is 20.3 Å². The summed E-state index contributed by atoms with van der Waals surface area (Å²) < 4.78 is 91.9. The number of hydrogen-bond donors (Lipinski definition) is 3. The SMILES string of the molecule is CC1(S(=O)(=O)NC(=O)[C@@]23C[C@H]2C=CCCCCC[C@H](Nc2cc(F)cc(C(F)(F)F)c2)C(=O)N2C[C@H](Oc4nc5ccccc5n4C4CCCC4)C[C@H]2C(=O)N3)CC1. The molecule has 12 nitrogen and oxygen atoms in total. The predicted octanol–water partition coefficient (Wildman–Crippen LogP) is 6.53. The zero-order chi connectivity index (χ0) is 41.0. The van der Waals surface area contributed by atoms with Gasteiger partial charge >= 0.3 is 6.18 Å². The Kier molecular flexibility index (Phi) is 10.5. The lowest BCUT2D eigenvalue weighted by Gasteiger charge is -2.30. The molecule has 3 saturated carbocycles. The molecule has 17 heteroatoms. The Morgan fingerprint density at radius 2 is 1.76 bits per heavy atom. The molecular weight excluding hydrogens is 781 g/mol. The number of hydrogen-bond acceptors (Lipinski definition) is 8. The summed E-state index contributed by atoms with van der Waals surface area (Å²) in [4.78, 5) is 49.3. The Morgan fingerprint density at radius 1 is 1.02 bits per heavy atom. The van der Waals surface area contributed by atoms with Gasteiger partial charge in [-0.15, -0.1) is 0 Å². The highest BCUT2D eigenvalue weighted by Crippen LogP contribution is 2.48. The fourth-order valence-corrected chi connectivity index (χ4v) is 10.1. The van der Waals surface area contributed by atoms with Crippen LogP contribution in [0.1, 0.15) is 102 Å². The van der Waals surface area contributed by atoms with Crippen LogP contribution in [0.2, 0.25) is 0 Å². The van der Waals surface area contributed by atoms with Gasteiger partial charge in [-0.2, -0.15) is 18.2 Å². The molecule has 1 aromatic heterocycles. The highest BCUT2D eigenvalue weighted by atomic mass is 32.2. The molecule has 58 heavy (non-hydrogen) atoms. The molecule has 0 bridgehead atoms. The molecule has 0 radical (unpaired) electrons. The molecule has 3 heterocycles. The number of allylic oxidation sites excluding steroid dienone is 1. The lowest BCUT2D eigenvalue weighted by atomic mass is 10.0. The Balaban J connectivity index is 1.13. The average molecular weight is 829 g/mol. The van der Waals surface area contributed by atoms with Crippen molar-refractivity contribution in [2.75, 3.05) is 11.9 Å². The number of nitrogens with zero attached hydrogens (tertiary/aromatic N) is 3. The van der Waals surface area contributed by atoms with Crippen molar-refractivity contribution in [3.8, 4) is 6.01 Å². The third-order valence-electron chi connectivity index (χ3n) is 12.6. The first-order chi connectivity index (χ1) is 27.6. The number of nitrogens with one attached hydrogen (secondary N) is 3. The van der Waals surface area contributed by atoms with E-state index in [1.54, 1.807) is 6.92 Å². The van der Waals surface area contributed by atoms with E-state index in [1.807, 2.05) is 36.4 Å². The number of amides is 3. The number of carbonyl (C=O) groups is 3. The Hall–Kier alpha value is -4.67. The third-order valence-corrected chi connectivity index (χ3v) is 14.7. The van der Waals surface area contributed by atoms with Gasteiger partial charge in [0, 0.05) is 24.1 Å². The topological polar surface area (TPSA) is 152 Å². The molecule has 3 aliphatic carbocycles. The van der Waals surface area contributed by atoms with Crippen molar-refractivity contribution in [3.05, 3.63) is 66.0 Å². The van der Waals surface area contributed by atoms with Crippen LogP contribution in [0.3, 0.4) is 0 Å². The van der Waals surface area contributed by atoms with Gasteiger partial charge in [0.1, 0.15) is 29.5 Å². The number of rotatable bonds is 8. The van der Waals surface area contributed by atoms with Crippen LogP contribution in [0, 0.1) is 11.7 Å². The molecule has 3 N–H and O–H groups in total. The van der Waals surface area contributed by atoms with Gasteiger partial charge in [-0.25, -0.2) is 12.8 Å². The van der Waals surface area contributed by atoms with Crippen LogP contribution in [0.4, 0.5) is 23.2 Å². The fraction of sp³-hybridized carbons (Fsp3) is 0.561. The van der Waals surface area contributed by atoms with E-state index in [2.05, 4.69) is 19.9 Å². The second-order valence-corrected chi connectivity index (χ2v) is 19.0. The summed E-state index contributed by atoms with van der Waals surface area (Å²) in [7, 11) is -4.05. The largest absolute Gasteiger partial charge is 0.459 e. The highest BCUT2D eigenvalue weighted by Gasteiger charge is 2.63. The van der Waals surface area contributed by atoms with Crippen LogP contribution in [0.25, 0.3) is 11.0 Å². The molecule has 1 saturated heterocycles. The number of carbonyl (C=O) groups excluding carboxylic acids is 3. The molecule has 2 aromatic carbocycles. The maximum absolute atomic E-state index is 14.7. The zero-order valence-corrected chi connectivity index (χ0v) is 33.0. The fourth-order valence-electron chi connectivity index (χ4n) is 8.75. The standard InChI is InChI=1S/C41H48F4N6O6S/c1-39(17-18-39)58(55,56)49-37(54)40-23-25(40)11-5-3-2-4-6-15-32(46-28-20-26(41(43,44)45)19-27(42)21-28)36(53)50-24-30(22-34(50)35(52)48-40)57-38-47-31-14-9-10-16-33(31)51(38)29-12-7-8-13-29/h5,9-11,14,16,19-21,25,29-30,32,34,46H,2-4,6-8,12-13,15,17-18,22-24H2,1H3,(H,48,52)(H,49,54)/t25-,30-,32+,34+,40-/m1/s1. The van der Waals surface area contributed by atoms with Crippen LogP contribution < -0.4 is 20.1 Å². The maximum atomic E-state index is 14.7. The maximum Gasteiger partial charge on any atom is 0.416 e. The van der Waals surface area contributed by atoms with Crippen molar-refractivity contribution >= 4 is 44.5 Å². The van der Waals surface area contributed by atoms with Gasteiger partial charge in [-0.1, -0.05) is 50.0 Å². The molecule has 4 fully saturated rings. The summed E-state index contributed by atoms with van der Waals surface area (Å²) in [5, 5.41) is 5.71. The van der Waals surface area contributed by atoms with Gasteiger partial charge in [-0.3, -0.25) is 23.7 Å². The molecule has 3 amide bonds. The van der Waals surface area contributed by atoms with Gasteiger partial charge in [-0.05, 0) is 88.6 Å². The summed E-state index contributed by atoms with van der Waals surface area (Å²) in [5.74, 6) is -3.81. The Morgan fingerprint density at radius 3 is 2.50 bits per heavy atom. The first-order valence-corrected chi connectivity index (χ1v) is 21.7. The van der Waals surface area contributed by atoms with Crippen molar-refractivity contribution in [1.29, 1.82) is 0 Å². The first kappa shape index (κ1) is 40.1. The number of ether oxygens (including phenoxy) is 1. The summed E-state index contributed by atoms with van der Waals surface area (Å²) in [5.41, 5.74) is -1.45. The van der Waals surface area contributed by atoms with E-state index in [9.17, 15) is 40.4 Å². The summed E-state index contributed by atoms with van der Waals surface area (Å²) in [6, 6.07) is 7.75. The quantitative estimate of drug-likeness (QED) is 0.171. The number of para-hydroxylation sites is 2. The minimum atomic E-state index is -4.84. The van der Waals surface area contributed by atoms with E-state index in [0.29, 0.717) is 50.6 Å². The number of aromatic nitrogens is 2. The van der Waals surface area contributed by atoms with Crippen molar-refractivity contribution in [1.82, 2.24) is 24.5 Å². The van der Waals surface area contributed by atoms with Gasteiger partial charge in [0.15, 0.2) is 0 Å². The lowest BCUT2D eigenvalue weighted by molar-refractivity contribution is -0.140. The van der Waals surface area contributed by atoms with Crippen LogP contribution in [-0.2, 0) is 30.6 Å². The zero-order valence-electron chi connectivity index (χ0n) is 32.2. The predicted molar refractivity (Wildman–Crippen MR) is 206 cm³/mol. The van der Waals surface area contributed by atoms with Crippen molar-refractivity contribution in [3.63, 3.8) is 0 Å². The van der Waals surface area contributed by atoms with Crippen molar-refractivity contribution < 1.29 is 45.1 Å². The van der Waals surface area contributed by atoms with Gasteiger partial charge in [0.2, 0.25) is 21.8 Å². The first-order valence-electron chi connectivity index (χ1n) is 20.2. The normalized spacial score (nSPS) is 27.9. The smallest absolute Gasteiger partial charge is 0.416 e. The number of halogens is 4. The number of benzene rings is 2. The minimum absolute atomic E-state index is 0.0229. The summed E-state index contributed by atoms with van der Waals surface area (Å²) in [6.07, 6.45) is 5.53. The molecule has 5 aliphatic rings. The highest BCUT2D eigenvalue weighted by molar-refractivity contribution is 7.91. The monoisotopic (exact) mass is 828 g/mol. The molecule has 5 atom stereocenters. The molecule has 312 valence electrons. The van der Waals surface area contributed by atoms with Crippen LogP contribution in [-0.4, -0.2) is 75.6 Å². The van der Waals surface area contributed by atoms with E-state index in [4.69, 9.17) is 9.72 Å². The molecule has 3 aromatic rings. The van der Waals surface area contributed by atoms with E-state index < -0.39 is 79.7 Å². The summed E-state index contributed by atoms with van der Waals surface area (Å²) >= 11 is 0. The van der Waals surface area contributed by atoms with Gasteiger partial charge in [0.05, 0.1) is 27.9 Å². The van der Waals surface area contributed by atoms with Crippen LogP contribution in [0.5, 0.6) is 6.01 Å². The van der Waals surface area contributed by atoms with Crippen molar-refractivity contribution in [2.45, 2.75) is 131 Å². The number of anilines is 1. The third kappa shape index (κ3) is 7.90. The Labute approximate surface area is 334 Å². The van der Waals surface area contributed by atoms with E-state index in [0.717, 1.165) is 48.8 Å². The molecule has 8 rings (SSSR count). The van der Waals surface area contributed by atoms with E-state index in [1.165, 1.54) is 4.90 Å². The number of alkyl halides is 3. The lowest BCUT2D eigenvalue weighted by Crippen LogP contribution is -2.58. The Bertz CT molecular complexity index is 2240. The van der Waals surface area contributed by atoms with E-state index in [-0.39, 0.29) is 37.5 Å². The van der Waals surface area contributed by atoms with Crippen LogP contribution >= 0.6 is 0 Å². The number of imidazole rings is 1. The van der Waals surface area contributed by atoms with Crippen molar-refractivity contribution in [2.24, 2.45) is 5.92 Å².